The zero-order valence-electron chi connectivity index (χ0n) is 11.0. The molecule has 0 amide bonds. The van der Waals surface area contributed by atoms with Crippen LogP contribution in [0.4, 0.5) is 0 Å². The third-order valence-corrected chi connectivity index (χ3v) is 5.29. The van der Waals surface area contributed by atoms with Crippen molar-refractivity contribution >= 4 is 26.0 Å². The summed E-state index contributed by atoms with van der Waals surface area (Å²) in [4.78, 5) is 4.45. The van der Waals surface area contributed by atoms with Gasteiger partial charge in [-0.2, -0.15) is 0 Å². The molecule has 1 atom stereocenters. The van der Waals surface area contributed by atoms with Crippen molar-refractivity contribution in [3.63, 3.8) is 0 Å². The summed E-state index contributed by atoms with van der Waals surface area (Å²) >= 11 is 3.38. The quantitative estimate of drug-likeness (QED) is 0.790. The van der Waals surface area contributed by atoms with Crippen LogP contribution in [0, 0.1) is 5.92 Å². The van der Waals surface area contributed by atoms with Crippen molar-refractivity contribution in [2.75, 3.05) is 19.3 Å². The summed E-state index contributed by atoms with van der Waals surface area (Å²) in [6, 6.07) is 5.94. The molecule has 1 fully saturated rings. The van der Waals surface area contributed by atoms with Crippen molar-refractivity contribution in [2.24, 2.45) is 5.92 Å². The molecule has 1 aliphatic rings. The van der Waals surface area contributed by atoms with E-state index in [1.807, 2.05) is 18.2 Å². The molecule has 2 heterocycles. The topological polar surface area (TPSA) is 50.3 Å². The molecule has 2 rings (SSSR count). The van der Waals surface area contributed by atoms with Gasteiger partial charge in [-0.25, -0.2) is 17.7 Å². The second kappa shape index (κ2) is 6.33. The normalized spacial score (nSPS) is 22.1. The van der Waals surface area contributed by atoms with Gasteiger partial charge in [0.1, 0.15) is 4.60 Å². The van der Waals surface area contributed by atoms with E-state index in [9.17, 15) is 8.42 Å². The van der Waals surface area contributed by atoms with Gasteiger partial charge in [0.25, 0.3) is 0 Å². The standard InChI is InChI=1S/C13H19BrN2O2S/c1-19(17,18)16-8-3-4-11(7-9-16)10-12-5-2-6-13(14)15-12/h2,5-6,11H,3-4,7-10H2,1H3. The molecule has 0 aromatic carbocycles. The smallest absolute Gasteiger partial charge is 0.211 e. The van der Waals surface area contributed by atoms with Crippen molar-refractivity contribution in [1.29, 1.82) is 0 Å². The van der Waals surface area contributed by atoms with Crippen LogP contribution >= 0.6 is 15.9 Å². The Morgan fingerprint density at radius 2 is 2.16 bits per heavy atom. The molecule has 4 nitrogen and oxygen atoms in total. The highest BCUT2D eigenvalue weighted by atomic mass is 79.9. The van der Waals surface area contributed by atoms with Gasteiger partial charge in [0.15, 0.2) is 0 Å². The molecule has 1 aromatic heterocycles. The molecular formula is C13H19BrN2O2S. The van der Waals surface area contributed by atoms with Crippen molar-refractivity contribution in [2.45, 2.75) is 25.7 Å². The monoisotopic (exact) mass is 346 g/mol. The fourth-order valence-electron chi connectivity index (χ4n) is 2.53. The predicted octanol–water partition coefficient (Wildman–Crippen LogP) is 2.45. The van der Waals surface area contributed by atoms with E-state index in [4.69, 9.17) is 0 Å². The molecule has 1 aromatic rings. The summed E-state index contributed by atoms with van der Waals surface area (Å²) in [5.41, 5.74) is 1.08. The van der Waals surface area contributed by atoms with Gasteiger partial charge in [-0.15, -0.1) is 0 Å². The number of rotatable bonds is 3. The molecule has 0 bridgehead atoms. The molecule has 1 aliphatic heterocycles. The lowest BCUT2D eigenvalue weighted by Crippen LogP contribution is -2.30. The molecule has 0 N–H and O–H groups in total. The highest BCUT2D eigenvalue weighted by molar-refractivity contribution is 9.10. The van der Waals surface area contributed by atoms with E-state index < -0.39 is 10.0 Å². The molecular weight excluding hydrogens is 328 g/mol. The minimum Gasteiger partial charge on any atom is -0.246 e. The Labute approximate surface area is 123 Å². The third kappa shape index (κ3) is 4.54. The highest BCUT2D eigenvalue weighted by Gasteiger charge is 2.22. The van der Waals surface area contributed by atoms with Gasteiger partial charge in [-0.1, -0.05) is 6.07 Å². The van der Waals surface area contributed by atoms with Crippen LogP contribution in [0.3, 0.4) is 0 Å². The third-order valence-electron chi connectivity index (χ3n) is 3.55. The van der Waals surface area contributed by atoms with Crippen molar-refractivity contribution in [3.05, 3.63) is 28.5 Å². The summed E-state index contributed by atoms with van der Waals surface area (Å²) in [5.74, 6) is 0.522. The summed E-state index contributed by atoms with van der Waals surface area (Å²) in [5, 5.41) is 0. The zero-order valence-corrected chi connectivity index (χ0v) is 13.5. The minimum atomic E-state index is -3.04. The largest absolute Gasteiger partial charge is 0.246 e. The van der Waals surface area contributed by atoms with Gasteiger partial charge in [0, 0.05) is 18.8 Å². The maximum atomic E-state index is 11.6. The van der Waals surface area contributed by atoms with Crippen LogP contribution in [0.5, 0.6) is 0 Å². The summed E-state index contributed by atoms with van der Waals surface area (Å²) < 4.78 is 25.6. The number of hydrogen-bond acceptors (Lipinski definition) is 3. The predicted molar refractivity (Wildman–Crippen MR) is 79.4 cm³/mol. The Morgan fingerprint density at radius 1 is 1.37 bits per heavy atom. The number of aromatic nitrogens is 1. The minimum absolute atomic E-state index is 0.522. The van der Waals surface area contributed by atoms with Gasteiger partial charge in [-0.3, -0.25) is 0 Å². The lowest BCUT2D eigenvalue weighted by Gasteiger charge is -2.17. The van der Waals surface area contributed by atoms with Gasteiger partial charge in [-0.05, 0) is 59.7 Å². The molecule has 19 heavy (non-hydrogen) atoms. The SMILES string of the molecule is CS(=O)(=O)N1CCCC(Cc2cccc(Br)n2)CC1. The Balaban J connectivity index is 1.96. The summed E-state index contributed by atoms with van der Waals surface area (Å²) in [6.07, 6.45) is 5.15. The van der Waals surface area contributed by atoms with Crippen LogP contribution in [0.2, 0.25) is 0 Å². The van der Waals surface area contributed by atoms with Crippen molar-refractivity contribution < 1.29 is 8.42 Å². The van der Waals surface area contributed by atoms with E-state index in [2.05, 4.69) is 20.9 Å². The maximum Gasteiger partial charge on any atom is 0.211 e. The number of pyridine rings is 1. The second-order valence-corrected chi connectivity index (χ2v) is 7.91. The maximum absolute atomic E-state index is 11.6. The number of nitrogens with zero attached hydrogens (tertiary/aromatic N) is 2. The van der Waals surface area contributed by atoms with Gasteiger partial charge in [0.05, 0.1) is 6.26 Å². The van der Waals surface area contributed by atoms with Crippen LogP contribution in [0.1, 0.15) is 25.0 Å². The molecule has 1 unspecified atom stereocenters. The van der Waals surface area contributed by atoms with Crippen LogP contribution < -0.4 is 0 Å². The molecule has 1 saturated heterocycles. The average molecular weight is 347 g/mol. The Morgan fingerprint density at radius 3 is 2.84 bits per heavy atom. The van der Waals surface area contributed by atoms with E-state index in [1.165, 1.54) is 6.26 Å². The first-order valence-corrected chi connectivity index (χ1v) is 9.16. The average Bonchev–Trinajstić information content (AvgIpc) is 2.54. The van der Waals surface area contributed by atoms with E-state index in [-0.39, 0.29) is 0 Å². The fraction of sp³-hybridized carbons (Fsp3) is 0.615. The van der Waals surface area contributed by atoms with Crippen LogP contribution in [-0.2, 0) is 16.4 Å². The van der Waals surface area contributed by atoms with Gasteiger partial charge >= 0.3 is 0 Å². The highest BCUT2D eigenvalue weighted by Crippen LogP contribution is 2.22. The summed E-state index contributed by atoms with van der Waals surface area (Å²) in [7, 11) is -3.04. The Kier molecular flexibility index (Phi) is 4.97. The van der Waals surface area contributed by atoms with Crippen LogP contribution in [-0.4, -0.2) is 37.1 Å². The molecule has 0 saturated carbocycles. The number of hydrogen-bond donors (Lipinski definition) is 0. The van der Waals surface area contributed by atoms with Crippen molar-refractivity contribution in [1.82, 2.24) is 9.29 Å². The fourth-order valence-corrected chi connectivity index (χ4v) is 3.81. The summed E-state index contributed by atoms with van der Waals surface area (Å²) in [6.45, 7) is 1.29. The van der Waals surface area contributed by atoms with Crippen LogP contribution in [0.15, 0.2) is 22.8 Å². The Bertz CT molecular complexity index is 533. The number of halogens is 1. The van der Waals surface area contributed by atoms with E-state index in [0.717, 1.165) is 36.0 Å². The zero-order chi connectivity index (χ0) is 13.9. The first-order chi connectivity index (χ1) is 8.95. The lowest BCUT2D eigenvalue weighted by atomic mass is 9.95. The van der Waals surface area contributed by atoms with E-state index in [0.29, 0.717) is 19.0 Å². The van der Waals surface area contributed by atoms with E-state index >= 15 is 0 Å². The molecule has 6 heteroatoms. The van der Waals surface area contributed by atoms with Gasteiger partial charge < -0.3 is 0 Å². The molecule has 106 valence electrons. The van der Waals surface area contributed by atoms with E-state index in [1.54, 1.807) is 4.31 Å². The first kappa shape index (κ1) is 14.9. The molecule has 0 spiro atoms. The molecule has 0 radical (unpaired) electrons. The first-order valence-electron chi connectivity index (χ1n) is 6.52. The second-order valence-electron chi connectivity index (χ2n) is 5.11. The molecule has 0 aliphatic carbocycles. The van der Waals surface area contributed by atoms with Crippen LogP contribution in [0.25, 0.3) is 0 Å². The van der Waals surface area contributed by atoms with Crippen molar-refractivity contribution in [3.8, 4) is 0 Å². The van der Waals surface area contributed by atoms with Gasteiger partial charge in [0.2, 0.25) is 10.0 Å². The Hall–Kier alpha value is -0.460. The number of sulfonamides is 1. The lowest BCUT2D eigenvalue weighted by molar-refractivity contribution is 0.412.